The van der Waals surface area contributed by atoms with E-state index in [1.807, 2.05) is 30.3 Å². The molecule has 1 aromatic rings. The number of carboxylic acid groups (broad SMARTS) is 1. The first-order chi connectivity index (χ1) is 14.8. The summed E-state index contributed by atoms with van der Waals surface area (Å²) in [5.41, 5.74) is 12.4. The predicted octanol–water partition coefficient (Wildman–Crippen LogP) is -1.21. The Bertz CT molecular complexity index is 734. The van der Waals surface area contributed by atoms with E-state index in [9.17, 15) is 19.2 Å². The van der Waals surface area contributed by atoms with Crippen molar-refractivity contribution in [2.75, 3.05) is 18.8 Å². The van der Waals surface area contributed by atoms with Crippen molar-refractivity contribution in [2.24, 2.45) is 11.5 Å². The number of aliphatic carboxylic acids is 1. The van der Waals surface area contributed by atoms with Gasteiger partial charge in [-0.1, -0.05) is 30.3 Å². The number of nitrogens with one attached hydrogen (secondary N) is 3. The van der Waals surface area contributed by atoms with Gasteiger partial charge in [-0.05, 0) is 37.8 Å². The van der Waals surface area contributed by atoms with E-state index >= 15 is 0 Å². The molecule has 0 bridgehead atoms. The molecule has 0 aliphatic rings. The number of hydrogen-bond acceptors (Lipinski definition) is 7. The second-order valence-electron chi connectivity index (χ2n) is 7.00. The molecule has 0 spiro atoms. The number of rotatable bonds is 14. The van der Waals surface area contributed by atoms with Crippen molar-refractivity contribution in [2.45, 2.75) is 43.8 Å². The zero-order chi connectivity index (χ0) is 23.2. The molecule has 8 N–H and O–H groups in total. The maximum atomic E-state index is 12.5. The number of thiol groups is 1. The number of amides is 3. The minimum absolute atomic E-state index is 0.0912. The predicted molar refractivity (Wildman–Crippen MR) is 119 cm³/mol. The van der Waals surface area contributed by atoms with Gasteiger partial charge in [-0.15, -0.1) is 0 Å². The third-order valence-corrected chi connectivity index (χ3v) is 4.82. The SMILES string of the molecule is NCCCCC(NC(=O)C(N)Cc1ccccc1)C(=O)NCC(=O)NC(CS)C(=O)O. The number of hydrogen-bond donors (Lipinski definition) is 7. The number of unbranched alkanes of at least 4 members (excludes halogenated alkanes) is 1. The molecule has 1 rings (SSSR count). The summed E-state index contributed by atoms with van der Waals surface area (Å²) >= 11 is 3.86. The van der Waals surface area contributed by atoms with Gasteiger partial charge in [-0.3, -0.25) is 14.4 Å². The maximum absolute atomic E-state index is 12.5. The van der Waals surface area contributed by atoms with Crippen LogP contribution < -0.4 is 27.4 Å². The molecule has 31 heavy (non-hydrogen) atoms. The molecule has 3 amide bonds. The summed E-state index contributed by atoms with van der Waals surface area (Å²) in [6.07, 6.45) is 1.89. The topological polar surface area (TPSA) is 177 Å². The van der Waals surface area contributed by atoms with Gasteiger partial charge in [0.1, 0.15) is 12.1 Å². The Labute approximate surface area is 186 Å². The highest BCUT2D eigenvalue weighted by Crippen LogP contribution is 2.05. The monoisotopic (exact) mass is 453 g/mol. The van der Waals surface area contributed by atoms with Crippen molar-refractivity contribution in [3.05, 3.63) is 35.9 Å². The largest absolute Gasteiger partial charge is 0.480 e. The van der Waals surface area contributed by atoms with Crippen LogP contribution in [0.2, 0.25) is 0 Å². The standard InChI is InChI=1S/C20H31N5O5S/c21-9-5-4-8-15(19(28)23-11-17(26)24-16(12-31)20(29)30)25-18(27)14(22)10-13-6-2-1-3-7-13/h1-3,6-7,14-16,31H,4-5,8-12,21-22H2,(H,23,28)(H,24,26)(H,25,27)(H,29,30). The zero-order valence-corrected chi connectivity index (χ0v) is 18.1. The maximum Gasteiger partial charge on any atom is 0.327 e. The van der Waals surface area contributed by atoms with E-state index in [1.54, 1.807) is 0 Å². The fourth-order valence-corrected chi connectivity index (χ4v) is 2.97. The highest BCUT2D eigenvalue weighted by Gasteiger charge is 2.25. The second kappa shape index (κ2) is 14.4. The summed E-state index contributed by atoms with van der Waals surface area (Å²) < 4.78 is 0. The smallest absolute Gasteiger partial charge is 0.327 e. The first-order valence-corrected chi connectivity index (χ1v) is 10.6. The first-order valence-electron chi connectivity index (χ1n) is 9.99. The van der Waals surface area contributed by atoms with Gasteiger partial charge in [0.05, 0.1) is 12.6 Å². The lowest BCUT2D eigenvalue weighted by Crippen LogP contribution is -2.54. The van der Waals surface area contributed by atoms with Crippen LogP contribution in [-0.4, -0.2) is 65.8 Å². The summed E-state index contributed by atoms with van der Waals surface area (Å²) in [4.78, 5) is 47.9. The van der Waals surface area contributed by atoms with Crippen molar-refractivity contribution in [1.29, 1.82) is 0 Å². The summed E-state index contributed by atoms with van der Waals surface area (Å²) in [7, 11) is 0. The first kappa shape index (κ1) is 26.4. The van der Waals surface area contributed by atoms with Crippen LogP contribution >= 0.6 is 12.6 Å². The Hall–Kier alpha value is -2.63. The van der Waals surface area contributed by atoms with Gasteiger partial charge in [0.2, 0.25) is 17.7 Å². The molecule has 10 nitrogen and oxygen atoms in total. The van der Waals surface area contributed by atoms with Gasteiger partial charge >= 0.3 is 5.97 Å². The number of carbonyl (C=O) groups excluding carboxylic acids is 3. The Morgan fingerprint density at radius 1 is 1.00 bits per heavy atom. The molecule has 0 heterocycles. The number of nitrogens with two attached hydrogens (primary N) is 2. The fraction of sp³-hybridized carbons (Fsp3) is 0.500. The van der Waals surface area contributed by atoms with Gasteiger partial charge in [-0.25, -0.2) is 4.79 Å². The Morgan fingerprint density at radius 3 is 2.26 bits per heavy atom. The minimum Gasteiger partial charge on any atom is -0.480 e. The highest BCUT2D eigenvalue weighted by molar-refractivity contribution is 7.80. The average Bonchev–Trinajstić information content (AvgIpc) is 2.75. The Kier molecular flexibility index (Phi) is 12.3. The zero-order valence-electron chi connectivity index (χ0n) is 17.3. The van der Waals surface area contributed by atoms with Crippen molar-refractivity contribution in [1.82, 2.24) is 16.0 Å². The van der Waals surface area contributed by atoms with Crippen LogP contribution in [-0.2, 0) is 25.6 Å². The third kappa shape index (κ3) is 10.3. The van der Waals surface area contributed by atoms with Crippen LogP contribution in [0, 0.1) is 0 Å². The summed E-state index contributed by atoms with van der Waals surface area (Å²) in [6.45, 7) is 0.00817. The van der Waals surface area contributed by atoms with Crippen LogP contribution in [0.5, 0.6) is 0 Å². The number of carboxylic acids is 1. The van der Waals surface area contributed by atoms with Gasteiger partial charge in [0, 0.05) is 5.75 Å². The second-order valence-corrected chi connectivity index (χ2v) is 7.37. The molecule has 1 aromatic carbocycles. The molecule has 11 heteroatoms. The molecule has 0 aromatic heterocycles. The number of carbonyl (C=O) groups is 4. The minimum atomic E-state index is -1.23. The molecular formula is C20H31N5O5S. The summed E-state index contributed by atoms with van der Waals surface area (Å²) in [5, 5.41) is 16.2. The van der Waals surface area contributed by atoms with E-state index in [-0.39, 0.29) is 5.75 Å². The molecule has 0 radical (unpaired) electrons. The molecule has 3 atom stereocenters. The van der Waals surface area contributed by atoms with Gasteiger partial charge < -0.3 is 32.5 Å². The van der Waals surface area contributed by atoms with Gasteiger partial charge in [0.25, 0.3) is 0 Å². The fourth-order valence-electron chi connectivity index (χ4n) is 2.72. The molecular weight excluding hydrogens is 422 g/mol. The molecule has 0 aliphatic heterocycles. The third-order valence-electron chi connectivity index (χ3n) is 4.45. The summed E-state index contributed by atoms with van der Waals surface area (Å²) in [6, 6.07) is 6.35. The Balaban J connectivity index is 2.64. The van der Waals surface area contributed by atoms with Crippen LogP contribution in [0.1, 0.15) is 24.8 Å². The van der Waals surface area contributed by atoms with Crippen molar-refractivity contribution in [3.8, 4) is 0 Å². The molecule has 0 fully saturated rings. The van der Waals surface area contributed by atoms with Crippen molar-refractivity contribution >= 4 is 36.3 Å². The molecule has 0 saturated heterocycles. The molecule has 0 aliphatic carbocycles. The van der Waals surface area contributed by atoms with E-state index < -0.39 is 48.4 Å². The highest BCUT2D eigenvalue weighted by atomic mass is 32.1. The number of benzene rings is 1. The van der Waals surface area contributed by atoms with Gasteiger partial charge in [0.15, 0.2) is 0 Å². The van der Waals surface area contributed by atoms with Crippen molar-refractivity contribution < 1.29 is 24.3 Å². The lowest BCUT2D eigenvalue weighted by atomic mass is 10.0. The Morgan fingerprint density at radius 2 is 1.68 bits per heavy atom. The van der Waals surface area contributed by atoms with Crippen LogP contribution in [0.15, 0.2) is 30.3 Å². The van der Waals surface area contributed by atoms with E-state index in [1.165, 1.54) is 0 Å². The lowest BCUT2D eigenvalue weighted by molar-refractivity contribution is -0.141. The van der Waals surface area contributed by atoms with Crippen LogP contribution in [0.3, 0.4) is 0 Å². The van der Waals surface area contributed by atoms with Crippen LogP contribution in [0.25, 0.3) is 0 Å². The normalized spacial score (nSPS) is 13.5. The molecule has 0 saturated carbocycles. The average molecular weight is 454 g/mol. The van der Waals surface area contributed by atoms with Gasteiger partial charge in [-0.2, -0.15) is 12.6 Å². The van der Waals surface area contributed by atoms with Crippen molar-refractivity contribution in [3.63, 3.8) is 0 Å². The summed E-state index contributed by atoms with van der Waals surface area (Å²) in [5.74, 6) is -3.05. The lowest BCUT2D eigenvalue weighted by Gasteiger charge is -2.21. The quantitative estimate of drug-likeness (QED) is 0.136. The molecule has 3 unspecified atom stereocenters. The van der Waals surface area contributed by atoms with E-state index in [2.05, 4.69) is 28.6 Å². The molecule has 172 valence electrons. The van der Waals surface area contributed by atoms with E-state index in [0.717, 1.165) is 5.56 Å². The van der Waals surface area contributed by atoms with E-state index in [0.29, 0.717) is 32.2 Å². The van der Waals surface area contributed by atoms with E-state index in [4.69, 9.17) is 16.6 Å². The van der Waals surface area contributed by atoms with Crippen LogP contribution in [0.4, 0.5) is 0 Å².